The van der Waals surface area contributed by atoms with Gasteiger partial charge in [-0.25, -0.2) is 9.59 Å². The minimum Gasteiger partial charge on any atom is -0.480 e. The van der Waals surface area contributed by atoms with Gasteiger partial charge in [0.05, 0.1) is 0 Å². The Bertz CT molecular complexity index is 997. The highest BCUT2D eigenvalue weighted by Crippen LogP contribution is 2.44. The van der Waals surface area contributed by atoms with E-state index in [4.69, 9.17) is 4.74 Å². The number of carbonyl (C=O) groups excluding carboxylic acids is 2. The Labute approximate surface area is 197 Å². The molecule has 0 aromatic heterocycles. The van der Waals surface area contributed by atoms with Crippen LogP contribution in [0.3, 0.4) is 0 Å². The van der Waals surface area contributed by atoms with Crippen molar-refractivity contribution in [2.75, 3.05) is 25.2 Å². The molecule has 1 unspecified atom stereocenters. The Hall–Kier alpha value is -3.00. The van der Waals surface area contributed by atoms with Crippen molar-refractivity contribution in [3.63, 3.8) is 0 Å². The predicted molar refractivity (Wildman–Crippen MR) is 127 cm³/mol. The maximum absolute atomic E-state index is 13.1. The number of carboxylic acid groups (broad SMARTS) is 1. The summed E-state index contributed by atoms with van der Waals surface area (Å²) in [5.41, 5.74) is 4.51. The van der Waals surface area contributed by atoms with Crippen molar-refractivity contribution in [2.24, 2.45) is 0 Å². The quantitative estimate of drug-likeness (QED) is 0.613. The lowest BCUT2D eigenvalue weighted by Crippen LogP contribution is -2.52. The van der Waals surface area contributed by atoms with E-state index in [2.05, 4.69) is 17.4 Å². The van der Waals surface area contributed by atoms with Crippen LogP contribution in [0, 0.1) is 0 Å². The first kappa shape index (κ1) is 23.2. The summed E-state index contributed by atoms with van der Waals surface area (Å²) in [5, 5.41) is 12.1. The summed E-state index contributed by atoms with van der Waals surface area (Å²) < 4.78 is 5.59. The Morgan fingerprint density at radius 1 is 1.12 bits per heavy atom. The molecule has 2 aliphatic rings. The van der Waals surface area contributed by atoms with Crippen molar-refractivity contribution >= 4 is 29.7 Å². The molecule has 33 heavy (non-hydrogen) atoms. The zero-order valence-corrected chi connectivity index (χ0v) is 19.3. The normalized spacial score (nSPS) is 17.8. The van der Waals surface area contributed by atoms with Crippen LogP contribution in [0.25, 0.3) is 11.1 Å². The molecule has 4 rings (SSSR count). The van der Waals surface area contributed by atoms with Crippen LogP contribution >= 0.6 is 11.8 Å². The number of amides is 2. The molecule has 1 fully saturated rings. The van der Waals surface area contributed by atoms with Crippen molar-refractivity contribution in [1.82, 2.24) is 10.2 Å². The highest BCUT2D eigenvalue weighted by molar-refractivity contribution is 7.98. The Balaban J connectivity index is 1.43. The zero-order valence-electron chi connectivity index (χ0n) is 18.5. The molecule has 1 heterocycles. The lowest BCUT2D eigenvalue weighted by atomic mass is 9.98. The summed E-state index contributed by atoms with van der Waals surface area (Å²) in [6.45, 7) is 0.544. The average Bonchev–Trinajstić information content (AvgIpc) is 3.43. The smallest absolute Gasteiger partial charge is 0.407 e. The van der Waals surface area contributed by atoms with Crippen molar-refractivity contribution in [2.45, 2.75) is 37.3 Å². The fraction of sp³-hybridized carbons (Fsp3) is 0.400. The van der Waals surface area contributed by atoms with Gasteiger partial charge in [-0.1, -0.05) is 48.5 Å². The number of carbonyl (C=O) groups is 3. The fourth-order valence-electron chi connectivity index (χ4n) is 4.76. The maximum atomic E-state index is 13.1. The molecule has 0 saturated carbocycles. The molecule has 1 aliphatic heterocycles. The highest BCUT2D eigenvalue weighted by atomic mass is 32.2. The van der Waals surface area contributed by atoms with E-state index in [-0.39, 0.29) is 18.4 Å². The van der Waals surface area contributed by atoms with E-state index in [1.54, 1.807) is 11.8 Å². The average molecular weight is 469 g/mol. The third-order valence-corrected chi connectivity index (χ3v) is 7.01. The Morgan fingerprint density at radius 2 is 1.76 bits per heavy atom. The van der Waals surface area contributed by atoms with Gasteiger partial charge in [0, 0.05) is 12.5 Å². The maximum Gasteiger partial charge on any atom is 0.407 e. The van der Waals surface area contributed by atoms with E-state index in [1.807, 2.05) is 42.7 Å². The van der Waals surface area contributed by atoms with Crippen molar-refractivity contribution in [3.8, 4) is 11.1 Å². The molecule has 1 saturated heterocycles. The first-order valence-electron chi connectivity index (χ1n) is 11.1. The van der Waals surface area contributed by atoms with Gasteiger partial charge < -0.3 is 20.1 Å². The number of thioether (sulfide) groups is 1. The molecule has 2 amide bonds. The second kappa shape index (κ2) is 10.3. The van der Waals surface area contributed by atoms with Gasteiger partial charge in [0.25, 0.3) is 0 Å². The van der Waals surface area contributed by atoms with E-state index in [1.165, 1.54) is 4.90 Å². The number of aliphatic carboxylic acids is 1. The number of ether oxygens (including phenoxy) is 1. The molecule has 174 valence electrons. The number of nitrogens with zero attached hydrogens (tertiary/aromatic N) is 1. The number of benzene rings is 2. The second-order valence-corrected chi connectivity index (χ2v) is 9.32. The molecule has 2 N–H and O–H groups in total. The minimum absolute atomic E-state index is 0.0709. The van der Waals surface area contributed by atoms with E-state index in [0.29, 0.717) is 31.6 Å². The van der Waals surface area contributed by atoms with Gasteiger partial charge in [-0.2, -0.15) is 11.8 Å². The Kier molecular flexibility index (Phi) is 7.23. The van der Waals surface area contributed by atoms with Gasteiger partial charge in [0.1, 0.15) is 18.7 Å². The summed E-state index contributed by atoms with van der Waals surface area (Å²) in [6, 6.07) is 14.5. The number of fused-ring (bicyclic) bond motifs is 3. The molecule has 2 aromatic rings. The zero-order chi connectivity index (χ0) is 23.4. The SMILES string of the molecule is CSCC[C@H](NC(=O)OCC1c2ccccc2-c2ccccc21)C(=O)N1CCCC1C(=O)O. The first-order chi connectivity index (χ1) is 16.0. The third-order valence-electron chi connectivity index (χ3n) is 6.37. The summed E-state index contributed by atoms with van der Waals surface area (Å²) in [4.78, 5) is 38.7. The van der Waals surface area contributed by atoms with Gasteiger partial charge in [0.2, 0.25) is 5.91 Å². The lowest BCUT2D eigenvalue weighted by molar-refractivity contribution is -0.149. The number of hydrogen-bond donors (Lipinski definition) is 2. The lowest BCUT2D eigenvalue weighted by Gasteiger charge is -2.27. The van der Waals surface area contributed by atoms with Gasteiger partial charge in [-0.15, -0.1) is 0 Å². The summed E-state index contributed by atoms with van der Waals surface area (Å²) in [5.74, 6) is -0.780. The standard InChI is InChI=1S/C25H28N2O5S/c1-33-14-12-21(23(28)27-13-6-11-22(27)24(29)30)26-25(31)32-15-20-18-9-4-2-7-16(18)17-8-3-5-10-19(17)20/h2-5,7-10,20-22H,6,11-15H2,1H3,(H,26,31)(H,29,30)/t21-,22?/m0/s1. The molecule has 0 spiro atoms. The molecule has 0 bridgehead atoms. The van der Waals surface area contributed by atoms with E-state index < -0.39 is 24.1 Å². The second-order valence-electron chi connectivity index (χ2n) is 8.33. The van der Waals surface area contributed by atoms with Gasteiger partial charge in [-0.3, -0.25) is 4.79 Å². The first-order valence-corrected chi connectivity index (χ1v) is 12.5. The van der Waals surface area contributed by atoms with E-state index in [9.17, 15) is 19.5 Å². The van der Waals surface area contributed by atoms with Crippen molar-refractivity contribution in [3.05, 3.63) is 59.7 Å². The number of hydrogen-bond acceptors (Lipinski definition) is 5. The van der Waals surface area contributed by atoms with Gasteiger partial charge in [0.15, 0.2) is 0 Å². The van der Waals surface area contributed by atoms with E-state index in [0.717, 1.165) is 22.3 Å². The number of alkyl carbamates (subject to hydrolysis) is 1. The van der Waals surface area contributed by atoms with Crippen LogP contribution in [-0.2, 0) is 14.3 Å². The van der Waals surface area contributed by atoms with Crippen LogP contribution in [0.2, 0.25) is 0 Å². The molecule has 8 heteroatoms. The number of rotatable bonds is 8. The van der Waals surface area contributed by atoms with Crippen LogP contribution in [0.5, 0.6) is 0 Å². The fourth-order valence-corrected chi connectivity index (χ4v) is 5.23. The topological polar surface area (TPSA) is 95.9 Å². The van der Waals surface area contributed by atoms with Crippen molar-refractivity contribution in [1.29, 1.82) is 0 Å². The molecular weight excluding hydrogens is 440 g/mol. The van der Waals surface area contributed by atoms with Crippen LogP contribution < -0.4 is 5.32 Å². The van der Waals surface area contributed by atoms with Gasteiger partial charge in [-0.05, 0) is 53.5 Å². The van der Waals surface area contributed by atoms with Crippen molar-refractivity contribution < 1.29 is 24.2 Å². The summed E-state index contributed by atoms with van der Waals surface area (Å²) in [7, 11) is 0. The van der Waals surface area contributed by atoms with Crippen LogP contribution in [0.1, 0.15) is 36.3 Å². The molecule has 7 nitrogen and oxygen atoms in total. The number of likely N-dealkylation sites (tertiary alicyclic amines) is 1. The largest absolute Gasteiger partial charge is 0.480 e. The monoisotopic (exact) mass is 468 g/mol. The molecule has 1 aliphatic carbocycles. The predicted octanol–water partition coefficient (Wildman–Crippen LogP) is 3.72. The molecule has 0 radical (unpaired) electrons. The van der Waals surface area contributed by atoms with E-state index >= 15 is 0 Å². The number of carboxylic acids is 1. The highest BCUT2D eigenvalue weighted by Gasteiger charge is 2.38. The summed E-state index contributed by atoms with van der Waals surface area (Å²) in [6.07, 6.45) is 2.74. The Morgan fingerprint density at radius 3 is 2.36 bits per heavy atom. The molecule has 2 aromatic carbocycles. The van der Waals surface area contributed by atoms with Crippen LogP contribution in [0.4, 0.5) is 4.79 Å². The minimum atomic E-state index is -1.01. The molecular formula is C25H28N2O5S. The van der Waals surface area contributed by atoms with Gasteiger partial charge >= 0.3 is 12.1 Å². The third kappa shape index (κ3) is 4.85. The molecule has 2 atom stereocenters. The van der Waals surface area contributed by atoms with Crippen LogP contribution in [0.15, 0.2) is 48.5 Å². The summed E-state index contributed by atoms with van der Waals surface area (Å²) >= 11 is 1.56. The number of nitrogens with one attached hydrogen (secondary N) is 1. The van der Waals surface area contributed by atoms with Crippen LogP contribution in [-0.4, -0.2) is 65.2 Å².